The minimum absolute atomic E-state index is 0.312. The van der Waals surface area contributed by atoms with E-state index in [1.54, 1.807) is 19.1 Å². The fourth-order valence-electron chi connectivity index (χ4n) is 2.39. The molecule has 1 aliphatic rings. The van der Waals surface area contributed by atoms with E-state index in [-0.39, 0.29) is 0 Å². The molecule has 106 valence electrons. The van der Waals surface area contributed by atoms with Crippen LogP contribution in [-0.2, 0) is 10.0 Å². The summed E-state index contributed by atoms with van der Waals surface area (Å²) in [5.41, 5.74) is 0.697. The highest BCUT2D eigenvalue weighted by Gasteiger charge is 2.25. The maximum atomic E-state index is 12.1. The number of benzene rings is 1. The maximum absolute atomic E-state index is 12.1. The smallest absolute Gasteiger partial charge is 0.242 e. The van der Waals surface area contributed by atoms with E-state index in [2.05, 4.69) is 17.0 Å². The number of nitrogens with one attached hydrogen (secondary N) is 2. The molecule has 5 heteroatoms. The van der Waals surface area contributed by atoms with Gasteiger partial charge < -0.3 is 5.32 Å². The van der Waals surface area contributed by atoms with E-state index in [1.807, 2.05) is 12.1 Å². The van der Waals surface area contributed by atoms with Gasteiger partial charge in [-0.25, -0.2) is 13.1 Å². The average Bonchev–Trinajstić information content (AvgIpc) is 2.26. The van der Waals surface area contributed by atoms with Gasteiger partial charge in [0, 0.05) is 12.6 Å². The average molecular weight is 282 g/mol. The van der Waals surface area contributed by atoms with Crippen LogP contribution in [0.4, 0.5) is 5.69 Å². The number of rotatable bonds is 6. The highest BCUT2D eigenvalue weighted by Crippen LogP contribution is 2.32. The van der Waals surface area contributed by atoms with Gasteiger partial charge in [-0.05, 0) is 37.8 Å². The molecule has 2 N–H and O–H groups in total. The second-order valence-corrected chi connectivity index (χ2v) is 6.86. The molecule has 4 nitrogen and oxygen atoms in total. The predicted octanol–water partition coefficient (Wildman–Crippen LogP) is 2.59. The van der Waals surface area contributed by atoms with E-state index in [0.717, 1.165) is 0 Å². The second kappa shape index (κ2) is 5.92. The van der Waals surface area contributed by atoms with E-state index < -0.39 is 10.0 Å². The Balaban J connectivity index is 2.20. The molecule has 1 unspecified atom stereocenters. The maximum Gasteiger partial charge on any atom is 0.242 e. The number of sulfonamides is 1. The van der Waals surface area contributed by atoms with Gasteiger partial charge in [-0.15, -0.1) is 0 Å². The molecule has 1 fully saturated rings. The molecule has 1 atom stereocenters. The van der Waals surface area contributed by atoms with Gasteiger partial charge in [0.2, 0.25) is 10.0 Å². The van der Waals surface area contributed by atoms with E-state index in [0.29, 0.717) is 29.1 Å². The van der Waals surface area contributed by atoms with Gasteiger partial charge >= 0.3 is 0 Å². The summed E-state index contributed by atoms with van der Waals surface area (Å²) in [5.74, 6) is 0.662. The zero-order valence-corrected chi connectivity index (χ0v) is 12.3. The molecule has 0 bridgehead atoms. The van der Waals surface area contributed by atoms with Crippen molar-refractivity contribution in [1.29, 1.82) is 0 Å². The second-order valence-electron chi connectivity index (χ2n) is 5.12. The van der Waals surface area contributed by atoms with Crippen molar-refractivity contribution in [2.24, 2.45) is 5.92 Å². The minimum atomic E-state index is -3.41. The topological polar surface area (TPSA) is 58.2 Å². The number of hydrogen-bond donors (Lipinski definition) is 2. The van der Waals surface area contributed by atoms with Crippen LogP contribution >= 0.6 is 0 Å². The largest absolute Gasteiger partial charge is 0.381 e. The third-order valence-electron chi connectivity index (χ3n) is 3.75. The standard InChI is InChI=1S/C14H22N2O2S/c1-3-15-19(17,18)14-10-5-4-9-13(14)16-11(2)12-7-6-8-12/h4-5,9-12,15-16H,3,6-8H2,1-2H3. The third-order valence-corrected chi connectivity index (χ3v) is 5.35. The SMILES string of the molecule is CCNS(=O)(=O)c1ccccc1NC(C)C1CCC1. The summed E-state index contributed by atoms with van der Waals surface area (Å²) in [7, 11) is -3.41. The van der Waals surface area contributed by atoms with Crippen molar-refractivity contribution in [2.75, 3.05) is 11.9 Å². The Kier molecular flexibility index (Phi) is 4.47. The molecule has 1 aromatic rings. The molecular weight excluding hydrogens is 260 g/mol. The first-order valence-electron chi connectivity index (χ1n) is 6.90. The fraction of sp³-hybridized carbons (Fsp3) is 0.571. The Morgan fingerprint density at radius 2 is 2.00 bits per heavy atom. The Bertz CT molecular complexity index is 524. The highest BCUT2D eigenvalue weighted by atomic mass is 32.2. The van der Waals surface area contributed by atoms with Gasteiger partial charge in [-0.2, -0.15) is 0 Å². The summed E-state index contributed by atoms with van der Waals surface area (Å²) in [6.07, 6.45) is 3.75. The van der Waals surface area contributed by atoms with Crippen LogP contribution in [-0.4, -0.2) is 21.0 Å². The van der Waals surface area contributed by atoms with Crippen LogP contribution in [0.25, 0.3) is 0 Å². The predicted molar refractivity (Wildman–Crippen MR) is 77.7 cm³/mol. The Morgan fingerprint density at radius 3 is 2.58 bits per heavy atom. The van der Waals surface area contributed by atoms with Gasteiger partial charge in [-0.3, -0.25) is 0 Å². The lowest BCUT2D eigenvalue weighted by Crippen LogP contribution is -2.32. The summed E-state index contributed by atoms with van der Waals surface area (Å²) >= 11 is 0. The Morgan fingerprint density at radius 1 is 1.32 bits per heavy atom. The number of hydrogen-bond acceptors (Lipinski definition) is 3. The van der Waals surface area contributed by atoms with Crippen molar-refractivity contribution in [2.45, 2.75) is 44.0 Å². The molecule has 1 aromatic carbocycles. The van der Waals surface area contributed by atoms with E-state index in [9.17, 15) is 8.42 Å². The lowest BCUT2D eigenvalue weighted by Gasteiger charge is -2.33. The normalized spacial score (nSPS) is 17.8. The molecule has 0 aliphatic heterocycles. The van der Waals surface area contributed by atoms with Crippen molar-refractivity contribution >= 4 is 15.7 Å². The molecule has 1 saturated carbocycles. The van der Waals surface area contributed by atoms with Crippen molar-refractivity contribution in [3.8, 4) is 0 Å². The first-order chi connectivity index (χ1) is 9.04. The molecule has 0 saturated heterocycles. The highest BCUT2D eigenvalue weighted by molar-refractivity contribution is 7.89. The number of anilines is 1. The molecule has 0 amide bonds. The summed E-state index contributed by atoms with van der Waals surface area (Å²) in [6.45, 7) is 4.31. The summed E-state index contributed by atoms with van der Waals surface area (Å²) < 4.78 is 26.8. The van der Waals surface area contributed by atoms with Crippen LogP contribution < -0.4 is 10.0 Å². The van der Waals surface area contributed by atoms with E-state index >= 15 is 0 Å². The zero-order valence-electron chi connectivity index (χ0n) is 11.5. The van der Waals surface area contributed by atoms with Gasteiger partial charge in [0.1, 0.15) is 4.90 Å². The van der Waals surface area contributed by atoms with E-state index in [4.69, 9.17) is 0 Å². The van der Waals surface area contributed by atoms with Gasteiger partial charge in [0.25, 0.3) is 0 Å². The molecule has 0 aromatic heterocycles. The quantitative estimate of drug-likeness (QED) is 0.843. The fourth-order valence-corrected chi connectivity index (χ4v) is 3.60. The van der Waals surface area contributed by atoms with E-state index in [1.165, 1.54) is 19.3 Å². The molecular formula is C14H22N2O2S. The summed E-state index contributed by atoms with van der Waals surface area (Å²) in [6, 6.07) is 7.41. The minimum Gasteiger partial charge on any atom is -0.381 e. The van der Waals surface area contributed by atoms with Crippen molar-refractivity contribution in [3.63, 3.8) is 0 Å². The van der Waals surface area contributed by atoms with Crippen molar-refractivity contribution in [1.82, 2.24) is 4.72 Å². The first kappa shape index (κ1) is 14.3. The van der Waals surface area contributed by atoms with Crippen LogP contribution in [0.15, 0.2) is 29.2 Å². The summed E-state index contributed by atoms with van der Waals surface area (Å²) in [5, 5.41) is 3.36. The lowest BCUT2D eigenvalue weighted by atomic mass is 9.80. The van der Waals surface area contributed by atoms with Crippen LogP contribution in [0.2, 0.25) is 0 Å². The van der Waals surface area contributed by atoms with Gasteiger partial charge in [-0.1, -0.05) is 25.5 Å². The summed E-state index contributed by atoms with van der Waals surface area (Å²) in [4.78, 5) is 0.336. The number of para-hydroxylation sites is 1. The van der Waals surface area contributed by atoms with Crippen LogP contribution in [0.3, 0.4) is 0 Å². The Hall–Kier alpha value is -1.07. The van der Waals surface area contributed by atoms with Gasteiger partial charge in [0.15, 0.2) is 0 Å². The monoisotopic (exact) mass is 282 g/mol. The third kappa shape index (κ3) is 3.28. The van der Waals surface area contributed by atoms with Crippen molar-refractivity contribution in [3.05, 3.63) is 24.3 Å². The van der Waals surface area contributed by atoms with Crippen LogP contribution in [0.1, 0.15) is 33.1 Å². The molecule has 0 radical (unpaired) electrons. The molecule has 0 spiro atoms. The first-order valence-corrected chi connectivity index (χ1v) is 8.38. The molecule has 0 heterocycles. The molecule has 1 aliphatic carbocycles. The zero-order chi connectivity index (χ0) is 13.9. The van der Waals surface area contributed by atoms with Crippen molar-refractivity contribution < 1.29 is 8.42 Å². The van der Waals surface area contributed by atoms with Crippen LogP contribution in [0.5, 0.6) is 0 Å². The Labute approximate surface area is 115 Å². The lowest BCUT2D eigenvalue weighted by molar-refractivity contribution is 0.285. The molecule has 19 heavy (non-hydrogen) atoms. The van der Waals surface area contributed by atoms with Crippen LogP contribution in [0, 0.1) is 5.92 Å². The molecule has 2 rings (SSSR count). The van der Waals surface area contributed by atoms with Gasteiger partial charge in [0.05, 0.1) is 5.69 Å².